The van der Waals surface area contributed by atoms with Crippen molar-refractivity contribution in [1.29, 1.82) is 0 Å². The van der Waals surface area contributed by atoms with Crippen LogP contribution < -0.4 is 5.32 Å². The van der Waals surface area contributed by atoms with Crippen molar-refractivity contribution >= 4 is 33.6 Å². The lowest BCUT2D eigenvalue weighted by Gasteiger charge is -2.45. The average molecular weight is 347 g/mol. The Morgan fingerprint density at radius 1 is 1.74 bits per heavy atom. The van der Waals surface area contributed by atoms with Crippen LogP contribution in [0.15, 0.2) is 16.7 Å². The van der Waals surface area contributed by atoms with Gasteiger partial charge in [0.25, 0.3) is 5.91 Å². The number of hydrogen-bond donors (Lipinski definition) is 2. The Morgan fingerprint density at radius 2 is 2.47 bits per heavy atom. The second-order valence-electron chi connectivity index (χ2n) is 4.92. The van der Waals surface area contributed by atoms with Crippen LogP contribution in [0.25, 0.3) is 0 Å². The van der Waals surface area contributed by atoms with Gasteiger partial charge in [0, 0.05) is 29.5 Å². The number of halogens is 1. The topological polar surface area (TPSA) is 54.3 Å². The van der Waals surface area contributed by atoms with Crippen molar-refractivity contribution in [2.24, 2.45) is 7.05 Å². The van der Waals surface area contributed by atoms with Crippen LogP contribution in [0.2, 0.25) is 0 Å². The number of thioether (sulfide) groups is 1. The van der Waals surface area contributed by atoms with Crippen LogP contribution >= 0.6 is 27.7 Å². The van der Waals surface area contributed by atoms with E-state index < -0.39 is 5.60 Å². The van der Waals surface area contributed by atoms with Crippen molar-refractivity contribution in [2.75, 3.05) is 12.3 Å². The SMILES string of the molecule is CCS[C@@H]1CC[C@@]1(O)CNC(=O)c1cc(Br)cn1C. The van der Waals surface area contributed by atoms with Gasteiger partial charge in [-0.25, -0.2) is 0 Å². The van der Waals surface area contributed by atoms with E-state index in [4.69, 9.17) is 0 Å². The minimum Gasteiger partial charge on any atom is -0.387 e. The third kappa shape index (κ3) is 3.17. The van der Waals surface area contributed by atoms with Crippen molar-refractivity contribution in [3.8, 4) is 0 Å². The molecule has 1 aromatic rings. The standard InChI is InChI=1S/C13H19BrN2O2S/c1-3-19-11-4-5-13(11,18)8-15-12(17)10-6-9(14)7-16(10)2/h6-7,11,18H,3-5,8H2,1-2H3,(H,15,17)/t11-,13-/m1/s1. The minimum atomic E-state index is -0.737. The summed E-state index contributed by atoms with van der Waals surface area (Å²) in [6.07, 6.45) is 3.63. The predicted molar refractivity (Wildman–Crippen MR) is 81.6 cm³/mol. The zero-order chi connectivity index (χ0) is 14.0. The number of amides is 1. The number of aliphatic hydroxyl groups is 1. The van der Waals surface area contributed by atoms with E-state index in [1.807, 2.05) is 13.2 Å². The molecule has 0 spiro atoms. The Hall–Kier alpha value is -0.460. The maximum atomic E-state index is 12.1. The quantitative estimate of drug-likeness (QED) is 0.858. The number of nitrogens with zero attached hydrogens (tertiary/aromatic N) is 1. The molecule has 1 aromatic heterocycles. The molecule has 2 atom stereocenters. The molecule has 0 bridgehead atoms. The van der Waals surface area contributed by atoms with Gasteiger partial charge in [-0.3, -0.25) is 4.79 Å². The second-order valence-corrected chi connectivity index (χ2v) is 7.32. The highest BCUT2D eigenvalue weighted by Crippen LogP contribution is 2.40. The fourth-order valence-electron chi connectivity index (χ4n) is 2.31. The largest absolute Gasteiger partial charge is 0.387 e. The first-order valence-electron chi connectivity index (χ1n) is 6.40. The van der Waals surface area contributed by atoms with E-state index in [1.165, 1.54) is 0 Å². The molecule has 4 nitrogen and oxygen atoms in total. The van der Waals surface area contributed by atoms with Crippen molar-refractivity contribution in [3.05, 3.63) is 22.4 Å². The van der Waals surface area contributed by atoms with Gasteiger partial charge in [-0.15, -0.1) is 0 Å². The zero-order valence-corrected chi connectivity index (χ0v) is 13.6. The van der Waals surface area contributed by atoms with Crippen LogP contribution in [0.3, 0.4) is 0 Å². The molecule has 2 N–H and O–H groups in total. The lowest BCUT2D eigenvalue weighted by molar-refractivity contribution is -0.0222. The highest BCUT2D eigenvalue weighted by atomic mass is 79.9. The van der Waals surface area contributed by atoms with Crippen molar-refractivity contribution in [1.82, 2.24) is 9.88 Å². The molecule has 1 amide bonds. The van der Waals surface area contributed by atoms with Crippen molar-refractivity contribution in [2.45, 2.75) is 30.6 Å². The van der Waals surface area contributed by atoms with Crippen LogP contribution in [0.4, 0.5) is 0 Å². The monoisotopic (exact) mass is 346 g/mol. The number of carbonyl (C=O) groups excluding carboxylic acids is 1. The predicted octanol–water partition coefficient (Wildman–Crippen LogP) is 2.16. The molecule has 6 heteroatoms. The third-order valence-electron chi connectivity index (χ3n) is 3.57. The number of aryl methyl sites for hydroxylation is 1. The molecular formula is C13H19BrN2O2S. The molecule has 1 saturated carbocycles. The molecule has 0 aliphatic heterocycles. The molecule has 1 heterocycles. The third-order valence-corrected chi connectivity index (χ3v) is 5.41. The van der Waals surface area contributed by atoms with Crippen LogP contribution in [0.1, 0.15) is 30.3 Å². The molecular weight excluding hydrogens is 328 g/mol. The van der Waals surface area contributed by atoms with E-state index in [1.54, 1.807) is 22.4 Å². The summed E-state index contributed by atoms with van der Waals surface area (Å²) in [5.41, 5.74) is -0.145. The summed E-state index contributed by atoms with van der Waals surface area (Å²) in [6, 6.07) is 1.78. The van der Waals surface area contributed by atoms with Crippen LogP contribution in [0, 0.1) is 0 Å². The maximum absolute atomic E-state index is 12.1. The average Bonchev–Trinajstić information content (AvgIpc) is 2.70. The Bertz CT molecular complexity index is 477. The summed E-state index contributed by atoms with van der Waals surface area (Å²) < 4.78 is 2.64. The van der Waals surface area contributed by atoms with E-state index in [0.29, 0.717) is 12.2 Å². The molecule has 1 fully saturated rings. The molecule has 2 rings (SSSR count). The van der Waals surface area contributed by atoms with Gasteiger partial charge >= 0.3 is 0 Å². The van der Waals surface area contributed by atoms with Crippen LogP contribution in [-0.4, -0.2) is 38.7 Å². The fourth-order valence-corrected chi connectivity index (χ4v) is 4.03. The molecule has 1 aliphatic rings. The van der Waals surface area contributed by atoms with Gasteiger partial charge in [-0.2, -0.15) is 11.8 Å². The second kappa shape index (κ2) is 5.89. The summed E-state index contributed by atoms with van der Waals surface area (Å²) in [5.74, 6) is 0.847. The summed E-state index contributed by atoms with van der Waals surface area (Å²) >= 11 is 5.11. The van der Waals surface area contributed by atoms with Crippen LogP contribution in [0.5, 0.6) is 0 Å². The molecule has 0 saturated heterocycles. The molecule has 0 radical (unpaired) electrons. The lowest BCUT2D eigenvalue weighted by atomic mass is 9.79. The van der Waals surface area contributed by atoms with E-state index >= 15 is 0 Å². The first kappa shape index (κ1) is 14.9. The Balaban J connectivity index is 1.92. The summed E-state index contributed by atoms with van der Waals surface area (Å²) in [7, 11) is 1.83. The molecule has 0 unspecified atom stereocenters. The number of nitrogens with one attached hydrogen (secondary N) is 1. The van der Waals surface area contributed by atoms with Gasteiger partial charge in [-0.05, 0) is 40.6 Å². The highest BCUT2D eigenvalue weighted by Gasteiger charge is 2.45. The van der Waals surface area contributed by atoms with Crippen molar-refractivity contribution in [3.63, 3.8) is 0 Å². The summed E-state index contributed by atoms with van der Waals surface area (Å²) in [5, 5.41) is 13.5. The molecule has 1 aliphatic carbocycles. The number of rotatable bonds is 5. The summed E-state index contributed by atoms with van der Waals surface area (Å²) in [6.45, 7) is 2.41. The van der Waals surface area contributed by atoms with Gasteiger partial charge in [0.05, 0.1) is 5.60 Å². The van der Waals surface area contributed by atoms with E-state index in [0.717, 1.165) is 23.1 Å². The van der Waals surface area contributed by atoms with Gasteiger partial charge in [0.15, 0.2) is 0 Å². The van der Waals surface area contributed by atoms with Gasteiger partial charge in [0.2, 0.25) is 0 Å². The highest BCUT2D eigenvalue weighted by molar-refractivity contribution is 9.10. The van der Waals surface area contributed by atoms with E-state index in [2.05, 4.69) is 28.2 Å². The number of carbonyl (C=O) groups is 1. The molecule has 0 aromatic carbocycles. The number of hydrogen-bond acceptors (Lipinski definition) is 3. The maximum Gasteiger partial charge on any atom is 0.268 e. The van der Waals surface area contributed by atoms with E-state index in [-0.39, 0.29) is 11.2 Å². The minimum absolute atomic E-state index is 0.145. The molecule has 19 heavy (non-hydrogen) atoms. The fraction of sp³-hybridized carbons (Fsp3) is 0.615. The zero-order valence-electron chi connectivity index (χ0n) is 11.1. The number of aromatic nitrogens is 1. The Kier molecular flexibility index (Phi) is 4.63. The summed E-state index contributed by atoms with van der Waals surface area (Å²) in [4.78, 5) is 12.1. The normalized spacial score (nSPS) is 26.0. The first-order chi connectivity index (χ1) is 8.96. The van der Waals surface area contributed by atoms with E-state index in [9.17, 15) is 9.90 Å². The smallest absolute Gasteiger partial charge is 0.268 e. The first-order valence-corrected chi connectivity index (χ1v) is 8.24. The lowest BCUT2D eigenvalue weighted by Crippen LogP contribution is -2.57. The Labute approximate surface area is 126 Å². The van der Waals surface area contributed by atoms with Gasteiger partial charge < -0.3 is 15.0 Å². The molecule has 106 valence electrons. The van der Waals surface area contributed by atoms with Crippen LogP contribution in [-0.2, 0) is 7.05 Å². The van der Waals surface area contributed by atoms with Gasteiger partial charge in [0.1, 0.15) is 5.69 Å². The van der Waals surface area contributed by atoms with Crippen molar-refractivity contribution < 1.29 is 9.90 Å². The van der Waals surface area contributed by atoms with Gasteiger partial charge in [-0.1, -0.05) is 6.92 Å². The Morgan fingerprint density at radius 3 is 2.95 bits per heavy atom.